The monoisotopic (exact) mass is 289 g/mol. The number of hydrogen-bond donors (Lipinski definition) is 1. The van der Waals surface area contributed by atoms with Crippen LogP contribution in [0.15, 0.2) is 0 Å². The molecular weight excluding hydrogens is 258 g/mol. The SMILES string of the molecule is COC1(CCCCCCN)CCCC[Si]1(OC)OC. The highest BCUT2D eigenvalue weighted by Gasteiger charge is 2.58. The van der Waals surface area contributed by atoms with Crippen molar-refractivity contribution in [3.05, 3.63) is 0 Å². The normalized spacial score (nSPS) is 26.5. The van der Waals surface area contributed by atoms with E-state index in [1.54, 1.807) is 14.2 Å². The lowest BCUT2D eigenvalue weighted by Gasteiger charge is -2.48. The maximum Gasteiger partial charge on any atom is 0.370 e. The number of ether oxygens (including phenoxy) is 1. The van der Waals surface area contributed by atoms with Crippen molar-refractivity contribution in [2.75, 3.05) is 27.9 Å². The van der Waals surface area contributed by atoms with Crippen LogP contribution in [0.5, 0.6) is 0 Å². The number of rotatable bonds is 9. The molecule has 0 bridgehead atoms. The fourth-order valence-corrected chi connectivity index (χ4v) is 7.35. The van der Waals surface area contributed by atoms with Gasteiger partial charge in [0.1, 0.15) is 5.22 Å². The van der Waals surface area contributed by atoms with E-state index in [-0.39, 0.29) is 5.22 Å². The quantitative estimate of drug-likeness (QED) is 0.524. The van der Waals surface area contributed by atoms with Crippen molar-refractivity contribution in [2.24, 2.45) is 5.73 Å². The van der Waals surface area contributed by atoms with Gasteiger partial charge in [-0.3, -0.25) is 0 Å². The van der Waals surface area contributed by atoms with Crippen molar-refractivity contribution in [1.82, 2.24) is 0 Å². The highest BCUT2D eigenvalue weighted by atomic mass is 28.4. The summed E-state index contributed by atoms with van der Waals surface area (Å²) in [6.45, 7) is 0.796. The molecule has 1 aliphatic heterocycles. The van der Waals surface area contributed by atoms with Gasteiger partial charge >= 0.3 is 8.56 Å². The molecule has 0 aromatic heterocycles. The second-order valence-electron chi connectivity index (χ2n) is 5.52. The molecule has 114 valence electrons. The van der Waals surface area contributed by atoms with Gasteiger partial charge in [0.25, 0.3) is 0 Å². The Kier molecular flexibility index (Phi) is 7.53. The fourth-order valence-electron chi connectivity index (χ4n) is 3.43. The van der Waals surface area contributed by atoms with E-state index in [0.717, 1.165) is 31.9 Å². The molecule has 1 heterocycles. The molecule has 19 heavy (non-hydrogen) atoms. The zero-order valence-corrected chi connectivity index (χ0v) is 13.9. The summed E-state index contributed by atoms with van der Waals surface area (Å²) in [4.78, 5) is 0. The van der Waals surface area contributed by atoms with Gasteiger partial charge in [0.15, 0.2) is 0 Å². The lowest BCUT2D eigenvalue weighted by atomic mass is 10.0. The van der Waals surface area contributed by atoms with Gasteiger partial charge in [-0.15, -0.1) is 0 Å². The highest BCUT2D eigenvalue weighted by molar-refractivity contribution is 6.70. The van der Waals surface area contributed by atoms with Crippen LogP contribution in [0, 0.1) is 0 Å². The molecule has 1 unspecified atom stereocenters. The topological polar surface area (TPSA) is 53.7 Å². The molecule has 1 aliphatic rings. The summed E-state index contributed by atoms with van der Waals surface area (Å²) in [5.74, 6) is 0. The summed E-state index contributed by atoms with van der Waals surface area (Å²) in [6, 6.07) is 1.05. The van der Waals surface area contributed by atoms with Crippen molar-refractivity contribution in [1.29, 1.82) is 0 Å². The molecule has 0 amide bonds. The molecule has 0 saturated carbocycles. The Morgan fingerprint density at radius 3 is 2.26 bits per heavy atom. The van der Waals surface area contributed by atoms with Crippen molar-refractivity contribution in [3.63, 3.8) is 0 Å². The summed E-state index contributed by atoms with van der Waals surface area (Å²) >= 11 is 0. The first-order valence-corrected chi connectivity index (χ1v) is 9.58. The van der Waals surface area contributed by atoms with Crippen LogP contribution in [-0.4, -0.2) is 41.7 Å². The first-order chi connectivity index (χ1) is 9.20. The van der Waals surface area contributed by atoms with Gasteiger partial charge in [-0.25, -0.2) is 0 Å². The second kappa shape index (κ2) is 8.37. The van der Waals surface area contributed by atoms with E-state index in [9.17, 15) is 0 Å². The maximum absolute atomic E-state index is 5.97. The van der Waals surface area contributed by atoms with Gasteiger partial charge in [-0.1, -0.05) is 32.1 Å². The van der Waals surface area contributed by atoms with Gasteiger partial charge < -0.3 is 19.3 Å². The van der Waals surface area contributed by atoms with Crippen LogP contribution in [-0.2, 0) is 13.6 Å². The van der Waals surface area contributed by atoms with Crippen LogP contribution in [0.25, 0.3) is 0 Å². The number of hydrogen-bond acceptors (Lipinski definition) is 4. The molecule has 0 aromatic rings. The van der Waals surface area contributed by atoms with Gasteiger partial charge in [0.05, 0.1) is 0 Å². The first-order valence-electron chi connectivity index (χ1n) is 7.56. The molecule has 5 heteroatoms. The molecular formula is C14H31NO3Si. The first kappa shape index (κ1) is 17.1. The summed E-state index contributed by atoms with van der Waals surface area (Å²) in [7, 11) is 3.19. The minimum atomic E-state index is -2.23. The molecule has 0 spiro atoms. The van der Waals surface area contributed by atoms with E-state index >= 15 is 0 Å². The third-order valence-corrected chi connectivity index (χ3v) is 9.04. The summed E-state index contributed by atoms with van der Waals surface area (Å²) in [5, 5.41) is -0.155. The van der Waals surface area contributed by atoms with Crippen molar-refractivity contribution >= 4 is 8.56 Å². The molecule has 1 atom stereocenters. The lowest BCUT2D eigenvalue weighted by Crippen LogP contribution is -2.64. The summed E-state index contributed by atoms with van der Waals surface area (Å²) in [6.07, 6.45) is 9.29. The molecule has 0 aromatic carbocycles. The Morgan fingerprint density at radius 1 is 1.00 bits per heavy atom. The van der Waals surface area contributed by atoms with Gasteiger partial charge in [0, 0.05) is 21.3 Å². The van der Waals surface area contributed by atoms with Crippen LogP contribution < -0.4 is 5.73 Å². The Morgan fingerprint density at radius 2 is 1.68 bits per heavy atom. The predicted octanol–water partition coefficient (Wildman–Crippen LogP) is 2.74. The van der Waals surface area contributed by atoms with E-state index in [1.807, 2.05) is 7.11 Å². The Balaban J connectivity index is 2.63. The Bertz CT molecular complexity index is 249. The van der Waals surface area contributed by atoms with Crippen molar-refractivity contribution < 1.29 is 13.6 Å². The van der Waals surface area contributed by atoms with E-state index in [0.29, 0.717) is 0 Å². The molecule has 1 fully saturated rings. The van der Waals surface area contributed by atoms with Crippen LogP contribution in [0.1, 0.15) is 51.4 Å². The third kappa shape index (κ3) is 3.79. The van der Waals surface area contributed by atoms with Crippen LogP contribution in [0.3, 0.4) is 0 Å². The number of methoxy groups -OCH3 is 1. The predicted molar refractivity (Wildman–Crippen MR) is 80.3 cm³/mol. The molecule has 0 radical (unpaired) electrons. The smallest absolute Gasteiger partial charge is 0.370 e. The zero-order chi connectivity index (χ0) is 14.2. The average molecular weight is 289 g/mol. The fraction of sp³-hybridized carbons (Fsp3) is 1.00. The molecule has 1 rings (SSSR count). The summed E-state index contributed by atoms with van der Waals surface area (Å²) < 4.78 is 17.7. The van der Waals surface area contributed by atoms with Crippen LogP contribution >= 0.6 is 0 Å². The number of unbranched alkanes of at least 4 members (excludes halogenated alkanes) is 3. The van der Waals surface area contributed by atoms with E-state index < -0.39 is 8.56 Å². The molecule has 2 N–H and O–H groups in total. The van der Waals surface area contributed by atoms with Gasteiger partial charge in [-0.2, -0.15) is 0 Å². The van der Waals surface area contributed by atoms with Crippen molar-refractivity contribution in [2.45, 2.75) is 62.6 Å². The van der Waals surface area contributed by atoms with Gasteiger partial charge in [0.2, 0.25) is 0 Å². The van der Waals surface area contributed by atoms with Crippen LogP contribution in [0.4, 0.5) is 0 Å². The van der Waals surface area contributed by atoms with E-state index in [4.69, 9.17) is 19.3 Å². The Labute approximate surface area is 119 Å². The van der Waals surface area contributed by atoms with Gasteiger partial charge in [-0.05, 0) is 31.9 Å². The molecule has 4 nitrogen and oxygen atoms in total. The van der Waals surface area contributed by atoms with Crippen molar-refractivity contribution in [3.8, 4) is 0 Å². The van der Waals surface area contributed by atoms with E-state index in [1.165, 1.54) is 32.1 Å². The molecule has 1 saturated heterocycles. The lowest BCUT2D eigenvalue weighted by molar-refractivity contribution is -0.0161. The van der Waals surface area contributed by atoms with Crippen LogP contribution in [0.2, 0.25) is 6.04 Å². The van der Waals surface area contributed by atoms with E-state index in [2.05, 4.69) is 0 Å². The number of nitrogens with two attached hydrogens (primary N) is 1. The average Bonchev–Trinajstić information content (AvgIpc) is 2.47. The Hall–Kier alpha value is 0.0569. The third-order valence-electron chi connectivity index (χ3n) is 4.62. The minimum absolute atomic E-state index is 0.155. The maximum atomic E-state index is 5.97. The minimum Gasteiger partial charge on any atom is -0.396 e. The standard InChI is InChI=1S/C14H31NO3Si/c1-16-14(10-6-4-5-8-12-15)11-7-9-13-19(14,17-2)18-3/h4-13,15H2,1-3H3. The highest BCUT2D eigenvalue weighted by Crippen LogP contribution is 2.43. The summed E-state index contributed by atoms with van der Waals surface area (Å²) in [5.41, 5.74) is 5.53. The second-order valence-corrected chi connectivity index (χ2v) is 9.25. The zero-order valence-electron chi connectivity index (χ0n) is 12.9. The largest absolute Gasteiger partial charge is 0.396 e. The molecule has 0 aliphatic carbocycles.